The second-order valence-electron chi connectivity index (χ2n) is 6.66. The van der Waals surface area contributed by atoms with Crippen molar-refractivity contribution >= 4 is 27.4 Å². The molecule has 3 heterocycles. The Morgan fingerprint density at radius 2 is 2.28 bits per heavy atom. The van der Waals surface area contributed by atoms with Gasteiger partial charge in [-0.2, -0.15) is 5.10 Å². The van der Waals surface area contributed by atoms with Gasteiger partial charge in [-0.05, 0) is 19.1 Å². The highest BCUT2D eigenvalue weighted by atomic mass is 32.1. The van der Waals surface area contributed by atoms with Crippen molar-refractivity contribution in [3.05, 3.63) is 35.5 Å². The van der Waals surface area contributed by atoms with Gasteiger partial charge < -0.3 is 10.1 Å². The number of benzene rings is 1. The molecular weight excluding hydrogens is 334 g/mol. The molecule has 0 spiro atoms. The van der Waals surface area contributed by atoms with Crippen LogP contribution in [0.3, 0.4) is 0 Å². The first-order valence-corrected chi connectivity index (χ1v) is 9.39. The molecule has 0 aliphatic carbocycles. The molecule has 4 rings (SSSR count). The molecule has 0 saturated carbocycles. The van der Waals surface area contributed by atoms with Crippen molar-refractivity contribution in [3.63, 3.8) is 0 Å². The number of rotatable bonds is 5. The smallest absolute Gasteiger partial charge is 0.182 e. The minimum atomic E-state index is 0.216. The molecule has 1 fully saturated rings. The Hall–Kier alpha value is -2.12. The maximum atomic E-state index is 6.24. The fourth-order valence-electron chi connectivity index (χ4n) is 3.43. The van der Waals surface area contributed by atoms with Crippen molar-refractivity contribution in [1.29, 1.82) is 0 Å². The van der Waals surface area contributed by atoms with Gasteiger partial charge in [0, 0.05) is 68.4 Å². The maximum absolute atomic E-state index is 6.24. The lowest BCUT2D eigenvalue weighted by atomic mass is 10.2. The van der Waals surface area contributed by atoms with E-state index in [9.17, 15) is 0 Å². The van der Waals surface area contributed by atoms with Crippen LogP contribution in [-0.4, -0.2) is 45.4 Å². The van der Waals surface area contributed by atoms with Crippen LogP contribution in [-0.2, 0) is 13.6 Å². The van der Waals surface area contributed by atoms with E-state index >= 15 is 0 Å². The molecule has 0 bridgehead atoms. The molecule has 25 heavy (non-hydrogen) atoms. The number of hydrogen-bond acceptors (Lipinski definition) is 6. The molecule has 1 aliphatic heterocycles. The lowest BCUT2D eigenvalue weighted by molar-refractivity contribution is 0.195. The second-order valence-corrected chi connectivity index (χ2v) is 7.77. The Balaban J connectivity index is 1.41. The molecule has 0 radical (unpaired) electrons. The van der Waals surface area contributed by atoms with Gasteiger partial charge >= 0.3 is 0 Å². The summed E-state index contributed by atoms with van der Waals surface area (Å²) in [7, 11) is 3.85. The van der Waals surface area contributed by atoms with Gasteiger partial charge in [0.05, 0.1) is 5.52 Å². The van der Waals surface area contributed by atoms with Crippen LogP contribution < -0.4 is 10.1 Å². The highest BCUT2D eigenvalue weighted by Crippen LogP contribution is 2.28. The van der Waals surface area contributed by atoms with Crippen LogP contribution in [0.15, 0.2) is 30.6 Å². The number of hydrogen-bond donors (Lipinski definition) is 1. The van der Waals surface area contributed by atoms with Crippen LogP contribution in [0.25, 0.3) is 10.9 Å². The third-order valence-corrected chi connectivity index (χ3v) is 5.69. The number of nitrogens with one attached hydrogen (secondary N) is 1. The van der Waals surface area contributed by atoms with Gasteiger partial charge in [-0.3, -0.25) is 9.58 Å². The summed E-state index contributed by atoms with van der Waals surface area (Å²) in [5.41, 5.74) is 0.979. The fourth-order valence-corrected chi connectivity index (χ4v) is 4.22. The number of anilines is 1. The minimum absolute atomic E-state index is 0.216. The molecule has 7 heteroatoms. The van der Waals surface area contributed by atoms with E-state index in [4.69, 9.17) is 4.74 Å². The topological polar surface area (TPSA) is 55.2 Å². The Morgan fingerprint density at radius 3 is 3.08 bits per heavy atom. The molecule has 1 aromatic carbocycles. The first-order valence-electron chi connectivity index (χ1n) is 8.57. The normalized spacial score (nSPS) is 21.1. The summed E-state index contributed by atoms with van der Waals surface area (Å²) in [5, 5.41) is 9.67. The summed E-state index contributed by atoms with van der Waals surface area (Å²) in [6.45, 7) is 4.14. The number of nitrogens with zero attached hydrogens (tertiary/aromatic N) is 4. The zero-order valence-corrected chi connectivity index (χ0v) is 15.6. The second kappa shape index (κ2) is 6.65. The lowest BCUT2D eigenvalue weighted by Crippen LogP contribution is -2.27. The van der Waals surface area contributed by atoms with Gasteiger partial charge in [0.15, 0.2) is 5.13 Å². The van der Waals surface area contributed by atoms with E-state index in [1.54, 1.807) is 11.3 Å². The van der Waals surface area contributed by atoms with Crippen molar-refractivity contribution in [1.82, 2.24) is 19.7 Å². The van der Waals surface area contributed by atoms with E-state index in [1.807, 2.05) is 43.3 Å². The average molecular weight is 357 g/mol. The predicted octanol–water partition coefficient (Wildman–Crippen LogP) is 3.11. The molecule has 2 atom stereocenters. The number of aryl methyl sites for hydroxylation is 1. The van der Waals surface area contributed by atoms with Gasteiger partial charge in [-0.25, -0.2) is 4.98 Å². The Labute approximate surface area is 151 Å². The van der Waals surface area contributed by atoms with Gasteiger partial charge in [0.1, 0.15) is 11.9 Å². The molecule has 6 nitrogen and oxygen atoms in total. The fraction of sp³-hybridized carbons (Fsp3) is 0.444. The van der Waals surface area contributed by atoms with Crippen LogP contribution in [0, 0.1) is 0 Å². The van der Waals surface area contributed by atoms with Crippen molar-refractivity contribution in [3.8, 4) is 5.75 Å². The van der Waals surface area contributed by atoms with Gasteiger partial charge in [-0.1, -0.05) is 0 Å². The lowest BCUT2D eigenvalue weighted by Gasteiger charge is -2.19. The predicted molar refractivity (Wildman–Crippen MR) is 101 cm³/mol. The number of aromatic nitrogens is 3. The molecule has 2 unspecified atom stereocenters. The van der Waals surface area contributed by atoms with E-state index in [2.05, 4.69) is 33.3 Å². The third kappa shape index (κ3) is 3.48. The van der Waals surface area contributed by atoms with Crippen LogP contribution in [0.4, 0.5) is 5.13 Å². The van der Waals surface area contributed by atoms with E-state index < -0.39 is 0 Å². The Bertz CT molecular complexity index is 873. The van der Waals surface area contributed by atoms with Crippen LogP contribution in [0.1, 0.15) is 18.2 Å². The van der Waals surface area contributed by atoms with E-state index in [0.717, 1.165) is 41.3 Å². The molecule has 3 aromatic rings. The monoisotopic (exact) mass is 357 g/mol. The zero-order chi connectivity index (χ0) is 17.4. The summed E-state index contributed by atoms with van der Waals surface area (Å²) in [5.74, 6) is 0.903. The van der Waals surface area contributed by atoms with Crippen LogP contribution in [0.2, 0.25) is 0 Å². The third-order valence-electron chi connectivity index (χ3n) is 4.69. The van der Waals surface area contributed by atoms with E-state index in [1.165, 1.54) is 4.88 Å². The van der Waals surface area contributed by atoms with Crippen molar-refractivity contribution in [2.75, 3.05) is 18.9 Å². The number of likely N-dealkylation sites (tertiary alicyclic amines) is 1. The maximum Gasteiger partial charge on any atom is 0.182 e. The number of ether oxygens (including phenoxy) is 1. The van der Waals surface area contributed by atoms with Gasteiger partial charge in [0.25, 0.3) is 0 Å². The standard InChI is InChI=1S/C18H23N5OS/c1-12-6-15(10-23(12)11-16-8-20-18(19-2)25-16)24-14-5-4-13-9-22(3)21-17(13)7-14/h4-5,7-9,12,15H,6,10-11H2,1-3H3,(H,19,20). The summed E-state index contributed by atoms with van der Waals surface area (Å²) in [6.07, 6.45) is 5.24. The molecule has 1 N–H and O–H groups in total. The summed E-state index contributed by atoms with van der Waals surface area (Å²) >= 11 is 1.72. The van der Waals surface area contributed by atoms with Crippen LogP contribution >= 0.6 is 11.3 Å². The molecule has 1 aliphatic rings. The quantitative estimate of drug-likeness (QED) is 0.760. The largest absolute Gasteiger partial charge is 0.489 e. The Kier molecular flexibility index (Phi) is 4.35. The van der Waals surface area contributed by atoms with Crippen molar-refractivity contribution in [2.24, 2.45) is 7.05 Å². The van der Waals surface area contributed by atoms with Crippen molar-refractivity contribution in [2.45, 2.75) is 32.0 Å². The minimum Gasteiger partial charge on any atom is -0.489 e. The highest BCUT2D eigenvalue weighted by molar-refractivity contribution is 7.15. The average Bonchev–Trinajstić information content (AvgIpc) is 3.26. The van der Waals surface area contributed by atoms with E-state index in [-0.39, 0.29) is 6.10 Å². The van der Waals surface area contributed by atoms with Crippen molar-refractivity contribution < 1.29 is 4.74 Å². The molecular formula is C18H23N5OS. The Morgan fingerprint density at radius 1 is 1.40 bits per heavy atom. The number of fused-ring (bicyclic) bond motifs is 1. The van der Waals surface area contributed by atoms with Crippen LogP contribution in [0.5, 0.6) is 5.75 Å². The number of thiazole rings is 1. The molecule has 0 amide bonds. The highest BCUT2D eigenvalue weighted by Gasteiger charge is 2.30. The first kappa shape index (κ1) is 16.4. The molecule has 1 saturated heterocycles. The van der Waals surface area contributed by atoms with Gasteiger partial charge in [-0.15, -0.1) is 11.3 Å². The molecule has 2 aromatic heterocycles. The first-order chi connectivity index (χ1) is 12.1. The summed E-state index contributed by atoms with van der Waals surface area (Å²) in [4.78, 5) is 8.11. The van der Waals surface area contributed by atoms with Gasteiger partial charge in [0.2, 0.25) is 0 Å². The summed E-state index contributed by atoms with van der Waals surface area (Å²) in [6, 6.07) is 6.65. The SMILES string of the molecule is CNc1ncc(CN2CC(Oc3ccc4cn(C)nc4c3)CC2C)s1. The summed E-state index contributed by atoms with van der Waals surface area (Å²) < 4.78 is 8.08. The zero-order valence-electron chi connectivity index (χ0n) is 14.8. The van der Waals surface area contributed by atoms with E-state index in [0.29, 0.717) is 6.04 Å². The molecule has 132 valence electrons.